The third-order valence-corrected chi connectivity index (χ3v) is 8.24. The number of allylic oxidation sites excluding steroid dienone is 1. The van der Waals surface area contributed by atoms with Gasteiger partial charge in [0.1, 0.15) is 23.2 Å². The zero-order chi connectivity index (χ0) is 26.8. The number of aliphatic carboxylic acids is 1. The monoisotopic (exact) mass is 556 g/mol. The van der Waals surface area contributed by atoms with Crippen molar-refractivity contribution >= 4 is 51.9 Å². The van der Waals surface area contributed by atoms with Gasteiger partial charge in [0, 0.05) is 34.5 Å². The quantitative estimate of drug-likeness (QED) is 0.134. The van der Waals surface area contributed by atoms with Crippen LogP contribution in [0, 0.1) is 0 Å². The summed E-state index contributed by atoms with van der Waals surface area (Å²) in [5, 5.41) is 16.2. The van der Waals surface area contributed by atoms with Gasteiger partial charge in [-0.15, -0.1) is 11.8 Å². The van der Waals surface area contributed by atoms with E-state index in [2.05, 4.69) is 19.8 Å². The van der Waals surface area contributed by atoms with Crippen LogP contribution in [0.25, 0.3) is 0 Å². The van der Waals surface area contributed by atoms with Crippen LogP contribution in [0.5, 0.6) is 0 Å². The van der Waals surface area contributed by atoms with E-state index in [9.17, 15) is 19.5 Å². The van der Waals surface area contributed by atoms with Crippen LogP contribution in [0.15, 0.2) is 53.1 Å². The summed E-state index contributed by atoms with van der Waals surface area (Å²) in [6.07, 6.45) is 9.79. The molecule has 2 unspecified atom stereocenters. The number of amides is 2. The van der Waals surface area contributed by atoms with Crippen molar-refractivity contribution in [3.63, 3.8) is 0 Å². The number of thioether (sulfide) groups is 1. The van der Waals surface area contributed by atoms with E-state index >= 15 is 0 Å². The van der Waals surface area contributed by atoms with Crippen molar-refractivity contribution in [2.24, 2.45) is 5.16 Å². The Labute approximate surface area is 226 Å². The van der Waals surface area contributed by atoms with E-state index in [1.54, 1.807) is 0 Å². The van der Waals surface area contributed by atoms with E-state index < -0.39 is 29.2 Å². The first-order valence-corrected chi connectivity index (χ1v) is 13.9. The Morgan fingerprint density at radius 1 is 1.42 bits per heavy atom. The molecule has 38 heavy (non-hydrogen) atoms. The predicted molar refractivity (Wildman–Crippen MR) is 140 cm³/mol. The van der Waals surface area contributed by atoms with E-state index in [0.29, 0.717) is 17.9 Å². The van der Waals surface area contributed by atoms with Crippen molar-refractivity contribution < 1.29 is 28.9 Å². The fourth-order valence-corrected chi connectivity index (χ4v) is 6.22. The van der Waals surface area contributed by atoms with E-state index in [1.807, 2.05) is 48.2 Å². The number of nitrogens with two attached hydrogens (primary N) is 1. The molecule has 1 aliphatic carbocycles. The number of carboxylic acids is 1. The lowest BCUT2D eigenvalue weighted by molar-refractivity contribution is -0.689. The number of nitrogen functional groups attached to an aromatic ring is 1. The second kappa shape index (κ2) is 10.9. The maximum absolute atomic E-state index is 13.2. The van der Waals surface area contributed by atoms with Crippen LogP contribution >= 0.6 is 23.3 Å². The highest BCUT2D eigenvalue weighted by Gasteiger charge is 2.55. The van der Waals surface area contributed by atoms with Crippen LogP contribution < -0.4 is 15.6 Å². The third-order valence-electron chi connectivity index (χ3n) is 6.35. The van der Waals surface area contributed by atoms with Crippen LogP contribution in [-0.4, -0.2) is 66.1 Å². The summed E-state index contributed by atoms with van der Waals surface area (Å²) in [5.41, 5.74) is 7.19. The number of rotatable bonds is 9. The molecule has 2 aromatic heterocycles. The molecule has 2 aliphatic heterocycles. The maximum atomic E-state index is 13.2. The van der Waals surface area contributed by atoms with Crippen molar-refractivity contribution in [1.82, 2.24) is 19.6 Å². The zero-order valence-electron chi connectivity index (χ0n) is 20.4. The molecule has 3 aliphatic rings. The molecule has 2 aromatic rings. The Hall–Kier alpha value is -3.78. The van der Waals surface area contributed by atoms with E-state index in [4.69, 9.17) is 10.6 Å². The molecule has 0 radical (unpaired) electrons. The zero-order valence-corrected chi connectivity index (χ0v) is 22.1. The van der Waals surface area contributed by atoms with Gasteiger partial charge in [0.15, 0.2) is 24.1 Å². The van der Waals surface area contributed by atoms with Crippen LogP contribution in [0.4, 0.5) is 5.13 Å². The molecule has 0 aromatic carbocycles. The molecule has 4 N–H and O–H groups in total. The smallest absolute Gasteiger partial charge is 0.352 e. The molecule has 4 heterocycles. The number of carboxylic acid groups (broad SMARTS) is 1. The second-order valence-corrected chi connectivity index (χ2v) is 10.8. The Balaban J connectivity index is 1.34. The summed E-state index contributed by atoms with van der Waals surface area (Å²) < 4.78 is 5.97. The lowest BCUT2D eigenvalue weighted by Gasteiger charge is -2.49. The number of aromatic nitrogens is 3. The SMILES string of the molecule is CCc1ccc[n+](CC2=C(C(=O)O)N3C(=O)C(NC(=O)C(=NOC4C=CCC4)c4nsc(N)n4)[C@@H]3SC2)c1. The van der Waals surface area contributed by atoms with Gasteiger partial charge in [0.2, 0.25) is 11.5 Å². The predicted octanol–water partition coefficient (Wildman–Crippen LogP) is 0.848. The number of hydrogen-bond donors (Lipinski definition) is 3. The van der Waals surface area contributed by atoms with Crippen molar-refractivity contribution in [2.45, 2.75) is 50.3 Å². The topological polar surface area (TPSA) is 164 Å². The molecule has 3 atom stereocenters. The highest BCUT2D eigenvalue weighted by molar-refractivity contribution is 8.00. The lowest BCUT2D eigenvalue weighted by Crippen LogP contribution is -2.71. The fraction of sp³-hybridized carbons (Fsp3) is 0.375. The molecule has 2 amide bonds. The van der Waals surface area contributed by atoms with Gasteiger partial charge in [-0.1, -0.05) is 18.2 Å². The Bertz CT molecular complexity index is 1370. The Morgan fingerprint density at radius 3 is 2.95 bits per heavy atom. The highest BCUT2D eigenvalue weighted by Crippen LogP contribution is 2.40. The van der Waals surface area contributed by atoms with Crippen molar-refractivity contribution in [3.05, 3.63) is 59.3 Å². The number of nitrogens with one attached hydrogen (secondary N) is 1. The summed E-state index contributed by atoms with van der Waals surface area (Å²) in [5.74, 6) is -2.01. The number of fused-ring (bicyclic) bond motifs is 1. The van der Waals surface area contributed by atoms with Crippen molar-refractivity contribution in [1.29, 1.82) is 0 Å². The second-order valence-electron chi connectivity index (χ2n) is 8.90. The van der Waals surface area contributed by atoms with Crippen molar-refractivity contribution in [2.75, 3.05) is 11.5 Å². The van der Waals surface area contributed by atoms with Gasteiger partial charge in [-0.05, 0) is 31.4 Å². The number of anilines is 1. The average molecular weight is 557 g/mol. The number of β-lactam (4-membered cyclic amide) rings is 1. The number of nitrogens with zero attached hydrogens (tertiary/aromatic N) is 5. The number of carbonyl (C=O) groups is 3. The molecular formula is C24H26N7O5S2+. The minimum Gasteiger partial charge on any atom is -0.477 e. The summed E-state index contributed by atoms with van der Waals surface area (Å²) in [6, 6.07) is 2.98. The van der Waals surface area contributed by atoms with Crippen LogP contribution in [0.1, 0.15) is 31.2 Å². The van der Waals surface area contributed by atoms with Gasteiger partial charge in [-0.25, -0.2) is 9.36 Å². The van der Waals surface area contributed by atoms with Gasteiger partial charge >= 0.3 is 5.97 Å². The van der Waals surface area contributed by atoms with Crippen LogP contribution in [0.2, 0.25) is 0 Å². The number of pyridine rings is 1. The standard InChI is InChI=1S/C24H25N7O5S2/c1-2-13-6-5-9-30(10-13)11-14-12-37-22-17(21(33)31(22)18(14)23(34)35)26-20(32)16(19-27-24(25)38-29-19)28-36-15-7-3-4-8-15/h3,5-7,9-10,15,17,22H,2,4,8,11-12H2,1H3,(H3-,25,26,27,29,32,34,35)/p+1/t15?,17?,22-/m0/s1. The molecule has 0 bridgehead atoms. The first-order chi connectivity index (χ1) is 18.4. The number of hydrogen-bond acceptors (Lipinski definition) is 10. The van der Waals surface area contributed by atoms with Crippen LogP contribution in [-0.2, 0) is 32.2 Å². The Morgan fingerprint density at radius 2 is 2.26 bits per heavy atom. The largest absolute Gasteiger partial charge is 0.477 e. The highest BCUT2D eigenvalue weighted by atomic mass is 32.2. The van der Waals surface area contributed by atoms with Crippen molar-refractivity contribution in [3.8, 4) is 0 Å². The number of carbonyl (C=O) groups excluding carboxylic acids is 2. The minimum absolute atomic E-state index is 0.00774. The third kappa shape index (κ3) is 5.13. The van der Waals surface area contributed by atoms with E-state index in [1.165, 1.54) is 16.7 Å². The van der Waals surface area contributed by atoms with Gasteiger partial charge < -0.3 is 21.0 Å². The normalized spacial score (nSPS) is 22.8. The molecule has 12 nitrogen and oxygen atoms in total. The molecule has 0 spiro atoms. The average Bonchev–Trinajstić information content (AvgIpc) is 3.59. The molecule has 0 saturated carbocycles. The molecular weight excluding hydrogens is 530 g/mol. The fourth-order valence-electron chi connectivity index (χ4n) is 4.45. The number of oxime groups is 1. The number of aryl methyl sites for hydroxylation is 1. The molecule has 14 heteroatoms. The molecule has 1 saturated heterocycles. The summed E-state index contributed by atoms with van der Waals surface area (Å²) in [7, 11) is 0. The molecule has 1 fully saturated rings. The van der Waals surface area contributed by atoms with Gasteiger partial charge in [-0.2, -0.15) is 9.36 Å². The van der Waals surface area contributed by atoms with E-state index in [0.717, 1.165) is 36.4 Å². The maximum Gasteiger partial charge on any atom is 0.352 e. The summed E-state index contributed by atoms with van der Waals surface area (Å²) in [4.78, 5) is 49.3. The first-order valence-electron chi connectivity index (χ1n) is 12.0. The van der Waals surface area contributed by atoms with E-state index in [-0.39, 0.29) is 28.5 Å². The van der Waals surface area contributed by atoms with Gasteiger partial charge in [-0.3, -0.25) is 14.5 Å². The Kier molecular flexibility index (Phi) is 7.42. The summed E-state index contributed by atoms with van der Waals surface area (Å²) >= 11 is 2.30. The lowest BCUT2D eigenvalue weighted by atomic mass is 10.0. The summed E-state index contributed by atoms with van der Waals surface area (Å²) in [6.45, 7) is 2.39. The first kappa shape index (κ1) is 25.9. The van der Waals surface area contributed by atoms with Gasteiger partial charge in [0.25, 0.3) is 11.8 Å². The van der Waals surface area contributed by atoms with Gasteiger partial charge in [0.05, 0.1) is 0 Å². The minimum atomic E-state index is -1.18. The molecule has 5 rings (SSSR count). The molecule has 198 valence electrons. The van der Waals surface area contributed by atoms with Crippen LogP contribution in [0.3, 0.4) is 0 Å².